The monoisotopic (exact) mass is 424 g/mol. The largest absolute Gasteiger partial charge is 0.484 e. The summed E-state index contributed by atoms with van der Waals surface area (Å²) >= 11 is 6.81. The van der Waals surface area contributed by atoms with Crippen LogP contribution in [0.2, 0.25) is 0 Å². The summed E-state index contributed by atoms with van der Waals surface area (Å²) in [6.45, 7) is 4.38. The van der Waals surface area contributed by atoms with Crippen molar-refractivity contribution in [2.24, 2.45) is 0 Å². The van der Waals surface area contributed by atoms with Gasteiger partial charge in [-0.05, 0) is 52.0 Å². The van der Waals surface area contributed by atoms with E-state index in [4.69, 9.17) is 4.74 Å². The van der Waals surface area contributed by atoms with Crippen LogP contribution in [0.3, 0.4) is 0 Å². The van der Waals surface area contributed by atoms with Crippen molar-refractivity contribution in [1.29, 1.82) is 0 Å². The van der Waals surface area contributed by atoms with Gasteiger partial charge < -0.3 is 4.74 Å². The molecule has 1 atom stereocenters. The second kappa shape index (κ2) is 7.93. The van der Waals surface area contributed by atoms with Gasteiger partial charge in [-0.3, -0.25) is 4.79 Å². The smallest absolute Gasteiger partial charge is 0.200 e. The molecule has 0 unspecified atom stereocenters. The molecule has 0 aliphatic heterocycles. The van der Waals surface area contributed by atoms with Crippen LogP contribution in [0.25, 0.3) is 0 Å². The van der Waals surface area contributed by atoms with Gasteiger partial charge in [0.15, 0.2) is 12.4 Å². The highest BCUT2D eigenvalue weighted by atomic mass is 79.9. The molecule has 0 saturated carbocycles. The van der Waals surface area contributed by atoms with Crippen LogP contribution < -0.4 is 4.74 Å². The normalized spacial score (nSPS) is 12.0. The molecule has 0 amide bonds. The van der Waals surface area contributed by atoms with E-state index >= 15 is 0 Å². The fraction of sp³-hybridized carbons (Fsp3) is 0.278. The van der Waals surface area contributed by atoms with Crippen molar-refractivity contribution in [2.45, 2.75) is 26.2 Å². The number of benzene rings is 2. The molecule has 0 N–H and O–H groups in total. The lowest BCUT2D eigenvalue weighted by Gasteiger charge is -2.10. The standard InChI is InChI=1S/C18H18Br2O2/c1-3-12(2)13-4-6-14(7-5-13)17(21)11-22-18-9-8-15(19)10-16(18)20/h4-10,12H,3,11H2,1-2H3/t12-/m1/s1. The Bertz CT molecular complexity index is 651. The molecule has 2 aromatic carbocycles. The molecule has 0 radical (unpaired) electrons. The lowest BCUT2D eigenvalue weighted by Crippen LogP contribution is -2.12. The second-order valence-electron chi connectivity index (χ2n) is 5.22. The summed E-state index contributed by atoms with van der Waals surface area (Å²) in [6.07, 6.45) is 1.09. The lowest BCUT2D eigenvalue weighted by atomic mass is 9.97. The molecule has 0 aliphatic carbocycles. The highest BCUT2D eigenvalue weighted by molar-refractivity contribution is 9.11. The van der Waals surface area contributed by atoms with Gasteiger partial charge in [-0.25, -0.2) is 0 Å². The Hall–Kier alpha value is -1.13. The van der Waals surface area contributed by atoms with Crippen LogP contribution >= 0.6 is 31.9 Å². The summed E-state index contributed by atoms with van der Waals surface area (Å²) in [4.78, 5) is 12.2. The van der Waals surface area contributed by atoms with E-state index in [-0.39, 0.29) is 12.4 Å². The maximum absolute atomic E-state index is 12.2. The van der Waals surface area contributed by atoms with Gasteiger partial charge in [-0.15, -0.1) is 0 Å². The van der Waals surface area contributed by atoms with Gasteiger partial charge in [0.1, 0.15) is 5.75 Å². The minimum absolute atomic E-state index is 0.0227. The van der Waals surface area contributed by atoms with E-state index in [1.54, 1.807) is 0 Å². The zero-order valence-corrected chi connectivity index (χ0v) is 15.8. The number of halogens is 2. The van der Waals surface area contributed by atoms with E-state index in [9.17, 15) is 4.79 Å². The maximum atomic E-state index is 12.2. The average molecular weight is 426 g/mol. The molecule has 22 heavy (non-hydrogen) atoms. The molecule has 0 heterocycles. The van der Waals surface area contributed by atoms with Gasteiger partial charge in [0.25, 0.3) is 0 Å². The van der Waals surface area contributed by atoms with Crippen molar-refractivity contribution in [3.05, 3.63) is 62.5 Å². The summed E-state index contributed by atoms with van der Waals surface area (Å²) in [5.41, 5.74) is 1.94. The van der Waals surface area contributed by atoms with Crippen molar-refractivity contribution in [1.82, 2.24) is 0 Å². The number of Topliss-reactive ketones (excluding diaryl/α,β-unsaturated/α-hetero) is 1. The molecule has 2 rings (SSSR count). The van der Waals surface area contributed by atoms with Gasteiger partial charge in [0.2, 0.25) is 0 Å². The minimum atomic E-state index is -0.0227. The topological polar surface area (TPSA) is 26.3 Å². The summed E-state index contributed by atoms with van der Waals surface area (Å²) in [7, 11) is 0. The Balaban J connectivity index is 2.00. The highest BCUT2D eigenvalue weighted by Crippen LogP contribution is 2.28. The lowest BCUT2D eigenvalue weighted by molar-refractivity contribution is 0.0921. The molecule has 4 heteroatoms. The minimum Gasteiger partial charge on any atom is -0.484 e. The van der Waals surface area contributed by atoms with E-state index in [0.717, 1.165) is 15.4 Å². The van der Waals surface area contributed by atoms with E-state index in [0.29, 0.717) is 17.2 Å². The Morgan fingerprint density at radius 1 is 1.14 bits per heavy atom. The fourth-order valence-corrected chi connectivity index (χ4v) is 3.21. The van der Waals surface area contributed by atoms with E-state index in [1.165, 1.54) is 5.56 Å². The highest BCUT2D eigenvalue weighted by Gasteiger charge is 2.10. The number of ketones is 1. The quantitative estimate of drug-likeness (QED) is 0.531. The summed E-state index contributed by atoms with van der Waals surface area (Å²) < 4.78 is 7.37. The predicted octanol–water partition coefficient (Wildman–Crippen LogP) is 5.99. The number of rotatable bonds is 6. The van der Waals surface area contributed by atoms with Crippen LogP contribution in [0.15, 0.2) is 51.4 Å². The molecule has 0 fully saturated rings. The summed E-state index contributed by atoms with van der Waals surface area (Å²) in [6, 6.07) is 13.4. The van der Waals surface area contributed by atoms with E-state index < -0.39 is 0 Å². The summed E-state index contributed by atoms with van der Waals surface area (Å²) in [5, 5.41) is 0. The zero-order chi connectivity index (χ0) is 16.1. The number of hydrogen-bond acceptors (Lipinski definition) is 2. The predicted molar refractivity (Wildman–Crippen MR) is 96.8 cm³/mol. The first-order valence-electron chi connectivity index (χ1n) is 7.22. The van der Waals surface area contributed by atoms with Crippen molar-refractivity contribution < 1.29 is 9.53 Å². The molecule has 2 aromatic rings. The number of hydrogen-bond donors (Lipinski definition) is 0. The van der Waals surface area contributed by atoms with Crippen molar-refractivity contribution >= 4 is 37.6 Å². The molecular weight excluding hydrogens is 408 g/mol. The SMILES string of the molecule is CC[C@@H](C)c1ccc(C(=O)COc2ccc(Br)cc2Br)cc1. The van der Waals surface area contributed by atoms with Gasteiger partial charge in [-0.2, -0.15) is 0 Å². The number of ether oxygens (including phenoxy) is 1. The third-order valence-corrected chi connectivity index (χ3v) is 4.78. The second-order valence-corrected chi connectivity index (χ2v) is 6.99. The fourth-order valence-electron chi connectivity index (χ4n) is 2.05. The van der Waals surface area contributed by atoms with Gasteiger partial charge >= 0.3 is 0 Å². The Labute approximate surface area is 148 Å². The van der Waals surface area contributed by atoms with Crippen molar-refractivity contribution in [3.63, 3.8) is 0 Å². The molecular formula is C18H18Br2O2. The Morgan fingerprint density at radius 3 is 2.41 bits per heavy atom. The van der Waals surface area contributed by atoms with Gasteiger partial charge in [0.05, 0.1) is 4.47 Å². The third-order valence-electron chi connectivity index (χ3n) is 3.67. The first-order valence-corrected chi connectivity index (χ1v) is 8.81. The van der Waals surface area contributed by atoms with Crippen LogP contribution in [0, 0.1) is 0 Å². The van der Waals surface area contributed by atoms with Gasteiger partial charge in [-0.1, -0.05) is 54.0 Å². The van der Waals surface area contributed by atoms with E-state index in [2.05, 4.69) is 45.7 Å². The molecule has 0 bridgehead atoms. The first kappa shape index (κ1) is 17.2. The first-order chi connectivity index (χ1) is 10.5. The summed E-state index contributed by atoms with van der Waals surface area (Å²) in [5.74, 6) is 1.15. The molecule has 116 valence electrons. The molecule has 0 aliphatic rings. The molecule has 0 spiro atoms. The van der Waals surface area contributed by atoms with Crippen molar-refractivity contribution in [3.8, 4) is 5.75 Å². The van der Waals surface area contributed by atoms with Crippen LogP contribution in [0.4, 0.5) is 0 Å². The number of carbonyl (C=O) groups is 1. The van der Waals surface area contributed by atoms with Gasteiger partial charge in [0, 0.05) is 10.0 Å². The maximum Gasteiger partial charge on any atom is 0.200 e. The average Bonchev–Trinajstić information content (AvgIpc) is 2.53. The zero-order valence-electron chi connectivity index (χ0n) is 12.6. The van der Waals surface area contributed by atoms with Crippen molar-refractivity contribution in [2.75, 3.05) is 6.61 Å². The molecule has 0 saturated heterocycles. The van der Waals surface area contributed by atoms with Crippen LogP contribution in [0.5, 0.6) is 5.75 Å². The van der Waals surface area contributed by atoms with E-state index in [1.807, 2.05) is 42.5 Å². The molecule has 0 aromatic heterocycles. The van der Waals surface area contributed by atoms with Crippen LogP contribution in [0.1, 0.15) is 42.1 Å². The Kier molecular flexibility index (Phi) is 6.21. The number of carbonyl (C=O) groups excluding carboxylic acids is 1. The third kappa shape index (κ3) is 4.43. The van der Waals surface area contributed by atoms with Crippen LogP contribution in [-0.4, -0.2) is 12.4 Å². The Morgan fingerprint density at radius 2 is 1.82 bits per heavy atom. The van der Waals surface area contributed by atoms with Crippen LogP contribution in [-0.2, 0) is 0 Å². The molecule has 2 nitrogen and oxygen atoms in total.